The number of nitrogens with zero attached hydrogens (tertiary/aromatic N) is 2. The lowest BCUT2D eigenvalue weighted by molar-refractivity contribution is 0.401. The average Bonchev–Trinajstić information content (AvgIpc) is 3.17. The Balaban J connectivity index is 1.47. The first-order valence-corrected chi connectivity index (χ1v) is 6.94. The van der Waals surface area contributed by atoms with E-state index in [4.69, 9.17) is 0 Å². The van der Waals surface area contributed by atoms with Crippen molar-refractivity contribution in [2.75, 3.05) is 6.54 Å². The van der Waals surface area contributed by atoms with Gasteiger partial charge in [0, 0.05) is 25.3 Å². The highest BCUT2D eigenvalue weighted by Gasteiger charge is 2.53. The predicted octanol–water partition coefficient (Wildman–Crippen LogP) is 2.74. The molecule has 2 fully saturated rings. The largest absolute Gasteiger partial charge is 0.311 e. The Morgan fingerprint density at radius 3 is 2.76 bits per heavy atom. The molecule has 3 heteroatoms. The summed E-state index contributed by atoms with van der Waals surface area (Å²) in [5.74, 6) is 1.04. The molecule has 1 aromatic heterocycles. The Morgan fingerprint density at radius 1 is 1.47 bits per heavy atom. The van der Waals surface area contributed by atoms with E-state index in [2.05, 4.69) is 36.5 Å². The Kier molecular flexibility index (Phi) is 2.74. The van der Waals surface area contributed by atoms with Crippen LogP contribution in [0, 0.1) is 11.3 Å². The van der Waals surface area contributed by atoms with Gasteiger partial charge in [0.15, 0.2) is 0 Å². The smallest absolute Gasteiger partial charge is 0.0762 e. The van der Waals surface area contributed by atoms with Crippen molar-refractivity contribution in [2.24, 2.45) is 11.3 Å². The zero-order valence-corrected chi connectivity index (χ0v) is 10.9. The molecule has 3 nitrogen and oxygen atoms in total. The normalized spacial score (nSPS) is 22.1. The Labute approximate surface area is 104 Å². The maximum absolute atomic E-state index is 4.56. The van der Waals surface area contributed by atoms with E-state index in [0.29, 0.717) is 11.5 Å². The van der Waals surface area contributed by atoms with Crippen LogP contribution in [0.4, 0.5) is 0 Å². The van der Waals surface area contributed by atoms with Crippen LogP contribution in [-0.4, -0.2) is 16.3 Å². The van der Waals surface area contributed by atoms with E-state index in [1.807, 2.05) is 4.68 Å². The van der Waals surface area contributed by atoms with Gasteiger partial charge < -0.3 is 5.32 Å². The van der Waals surface area contributed by atoms with Crippen molar-refractivity contribution in [2.45, 2.75) is 52.1 Å². The van der Waals surface area contributed by atoms with Crippen molar-refractivity contribution in [1.82, 2.24) is 15.1 Å². The Hall–Kier alpha value is -0.830. The van der Waals surface area contributed by atoms with Crippen LogP contribution in [0.3, 0.4) is 0 Å². The molecule has 2 aliphatic carbocycles. The van der Waals surface area contributed by atoms with Gasteiger partial charge in [-0.3, -0.25) is 4.68 Å². The topological polar surface area (TPSA) is 29.9 Å². The Morgan fingerprint density at radius 2 is 2.24 bits per heavy atom. The van der Waals surface area contributed by atoms with Crippen LogP contribution in [-0.2, 0) is 6.54 Å². The summed E-state index contributed by atoms with van der Waals surface area (Å²) in [7, 11) is 0. The molecule has 0 saturated heterocycles. The van der Waals surface area contributed by atoms with Crippen molar-refractivity contribution in [3.05, 3.63) is 18.0 Å². The summed E-state index contributed by atoms with van der Waals surface area (Å²) < 4.78 is 2.03. The first-order chi connectivity index (χ1) is 8.20. The van der Waals surface area contributed by atoms with Crippen LogP contribution in [0.2, 0.25) is 0 Å². The lowest BCUT2D eigenvalue weighted by Crippen LogP contribution is -2.25. The van der Waals surface area contributed by atoms with Gasteiger partial charge in [0.2, 0.25) is 0 Å². The molecule has 0 radical (unpaired) electrons. The second kappa shape index (κ2) is 4.13. The zero-order valence-electron chi connectivity index (χ0n) is 10.9. The minimum atomic E-state index is 0.463. The molecule has 1 N–H and O–H groups in total. The van der Waals surface area contributed by atoms with Crippen molar-refractivity contribution in [3.63, 3.8) is 0 Å². The number of aromatic nitrogens is 2. The summed E-state index contributed by atoms with van der Waals surface area (Å²) in [5.41, 5.74) is 1.87. The van der Waals surface area contributed by atoms with Crippen LogP contribution in [0.5, 0.6) is 0 Å². The fourth-order valence-electron chi connectivity index (χ4n) is 2.78. The summed E-state index contributed by atoms with van der Waals surface area (Å²) in [6.45, 7) is 6.45. The van der Waals surface area contributed by atoms with Gasteiger partial charge in [-0.2, -0.15) is 5.10 Å². The van der Waals surface area contributed by atoms with Crippen molar-refractivity contribution in [1.29, 1.82) is 0 Å². The van der Waals surface area contributed by atoms with Gasteiger partial charge in [-0.1, -0.05) is 0 Å². The van der Waals surface area contributed by atoms with Gasteiger partial charge in [0.25, 0.3) is 0 Å². The molecule has 0 spiro atoms. The third-order valence-electron chi connectivity index (χ3n) is 4.31. The molecule has 1 heterocycles. The maximum Gasteiger partial charge on any atom is 0.0762 e. The van der Waals surface area contributed by atoms with Crippen molar-refractivity contribution < 1.29 is 0 Å². The third-order valence-corrected chi connectivity index (χ3v) is 4.31. The molecule has 94 valence electrons. The molecule has 0 atom stereocenters. The number of rotatable bonds is 6. The molecule has 0 unspecified atom stereocenters. The highest BCUT2D eigenvalue weighted by atomic mass is 15.3. The monoisotopic (exact) mass is 233 g/mol. The fraction of sp³-hybridized carbons (Fsp3) is 0.786. The SMILES string of the molecule is CC(C)n1ccc(CNCC2(C3CC3)CC2)n1. The van der Waals surface area contributed by atoms with Gasteiger partial charge in [0.05, 0.1) is 5.69 Å². The van der Waals surface area contributed by atoms with Crippen molar-refractivity contribution >= 4 is 0 Å². The second-order valence-corrected chi connectivity index (χ2v) is 6.12. The van der Waals surface area contributed by atoms with Crippen LogP contribution in [0.15, 0.2) is 12.3 Å². The molecule has 0 aromatic carbocycles. The first kappa shape index (κ1) is 11.3. The highest BCUT2D eigenvalue weighted by molar-refractivity contribution is 5.06. The van der Waals surface area contributed by atoms with Gasteiger partial charge >= 0.3 is 0 Å². The number of hydrogen-bond acceptors (Lipinski definition) is 2. The number of hydrogen-bond donors (Lipinski definition) is 1. The summed E-state index contributed by atoms with van der Waals surface area (Å²) in [5, 5.41) is 8.17. The van der Waals surface area contributed by atoms with Crippen molar-refractivity contribution in [3.8, 4) is 0 Å². The predicted molar refractivity (Wildman–Crippen MR) is 68.7 cm³/mol. The molecular weight excluding hydrogens is 210 g/mol. The van der Waals surface area contributed by atoms with Crippen LogP contribution >= 0.6 is 0 Å². The van der Waals surface area contributed by atoms with E-state index in [1.54, 1.807) is 0 Å². The van der Waals surface area contributed by atoms with E-state index in [9.17, 15) is 0 Å². The number of nitrogens with one attached hydrogen (secondary N) is 1. The average molecular weight is 233 g/mol. The van der Waals surface area contributed by atoms with E-state index < -0.39 is 0 Å². The molecule has 17 heavy (non-hydrogen) atoms. The van der Waals surface area contributed by atoms with Crippen LogP contribution in [0.1, 0.15) is 51.3 Å². The summed E-state index contributed by atoms with van der Waals surface area (Å²) in [4.78, 5) is 0. The van der Waals surface area contributed by atoms with Gasteiger partial charge in [-0.05, 0) is 56.9 Å². The summed E-state index contributed by atoms with van der Waals surface area (Å²) in [6, 6.07) is 2.59. The standard InChI is InChI=1S/C14H23N3/c1-11(2)17-8-5-13(16-17)9-15-10-14(6-7-14)12-3-4-12/h5,8,11-12,15H,3-4,6-7,9-10H2,1-2H3. The van der Waals surface area contributed by atoms with Gasteiger partial charge in [0.1, 0.15) is 0 Å². The lowest BCUT2D eigenvalue weighted by Gasteiger charge is -2.14. The zero-order chi connectivity index (χ0) is 11.9. The minimum Gasteiger partial charge on any atom is -0.311 e. The third kappa shape index (κ3) is 2.39. The summed E-state index contributed by atoms with van der Waals surface area (Å²) >= 11 is 0. The Bertz CT molecular complexity index is 386. The molecule has 2 aliphatic rings. The van der Waals surface area contributed by atoms with Crippen LogP contribution < -0.4 is 5.32 Å². The van der Waals surface area contributed by atoms with E-state index >= 15 is 0 Å². The van der Waals surface area contributed by atoms with Crippen LogP contribution in [0.25, 0.3) is 0 Å². The molecule has 0 bridgehead atoms. The molecule has 3 rings (SSSR count). The minimum absolute atomic E-state index is 0.463. The quantitative estimate of drug-likeness (QED) is 0.818. The van der Waals surface area contributed by atoms with Gasteiger partial charge in [-0.25, -0.2) is 0 Å². The van der Waals surface area contributed by atoms with E-state index in [-0.39, 0.29) is 0 Å². The molecule has 0 aliphatic heterocycles. The molecule has 2 saturated carbocycles. The first-order valence-electron chi connectivity index (χ1n) is 6.94. The van der Waals surface area contributed by atoms with E-state index in [0.717, 1.165) is 12.5 Å². The fourth-order valence-corrected chi connectivity index (χ4v) is 2.78. The summed E-state index contributed by atoms with van der Waals surface area (Å²) in [6.07, 6.45) is 7.93. The maximum atomic E-state index is 4.56. The second-order valence-electron chi connectivity index (χ2n) is 6.12. The molecule has 0 amide bonds. The lowest BCUT2D eigenvalue weighted by atomic mass is 10.0. The highest BCUT2D eigenvalue weighted by Crippen LogP contribution is 2.60. The van der Waals surface area contributed by atoms with Gasteiger partial charge in [-0.15, -0.1) is 0 Å². The molecule has 1 aromatic rings. The van der Waals surface area contributed by atoms with E-state index in [1.165, 1.54) is 37.9 Å². The molecular formula is C14H23N3.